The molecule has 26 heavy (non-hydrogen) atoms. The van der Waals surface area contributed by atoms with Gasteiger partial charge in [0.15, 0.2) is 11.6 Å². The summed E-state index contributed by atoms with van der Waals surface area (Å²) in [7, 11) is 1.64. The molecule has 2 atom stereocenters. The summed E-state index contributed by atoms with van der Waals surface area (Å²) in [4.78, 5) is 11.5. The largest absolute Gasteiger partial charge is 0.495 e. The van der Waals surface area contributed by atoms with E-state index in [0.29, 0.717) is 28.9 Å². The van der Waals surface area contributed by atoms with Crippen molar-refractivity contribution in [3.05, 3.63) is 24.3 Å². The van der Waals surface area contributed by atoms with Crippen LogP contribution < -0.4 is 15.0 Å². The lowest BCUT2D eigenvalue weighted by atomic mass is 9.92. The molecule has 3 heterocycles. The van der Waals surface area contributed by atoms with Crippen molar-refractivity contribution in [3.8, 4) is 5.75 Å². The van der Waals surface area contributed by atoms with Crippen LogP contribution in [0.2, 0.25) is 0 Å². The maximum atomic E-state index is 5.44. The second kappa shape index (κ2) is 6.78. The van der Waals surface area contributed by atoms with Crippen molar-refractivity contribution in [1.29, 1.82) is 0 Å². The molecule has 0 spiro atoms. The molecule has 0 amide bonds. The van der Waals surface area contributed by atoms with Gasteiger partial charge in [-0.2, -0.15) is 0 Å². The number of piperidine rings is 1. The number of fused-ring (bicyclic) bond motifs is 1. The first-order chi connectivity index (χ1) is 12.6. The van der Waals surface area contributed by atoms with Crippen LogP contribution in [0.15, 0.2) is 28.9 Å². The van der Waals surface area contributed by atoms with E-state index in [1.165, 1.54) is 6.42 Å². The van der Waals surface area contributed by atoms with Crippen LogP contribution in [0.3, 0.4) is 0 Å². The van der Waals surface area contributed by atoms with Gasteiger partial charge in [0.05, 0.1) is 12.8 Å². The molecule has 1 fully saturated rings. The van der Waals surface area contributed by atoms with Crippen LogP contribution in [-0.4, -0.2) is 40.5 Å². The van der Waals surface area contributed by atoms with Gasteiger partial charge in [0.2, 0.25) is 11.3 Å². The van der Waals surface area contributed by atoms with Gasteiger partial charge in [-0.15, -0.1) is 0 Å². The number of methoxy groups -OCH3 is 1. The van der Waals surface area contributed by atoms with Crippen molar-refractivity contribution in [2.75, 3.05) is 30.4 Å². The van der Waals surface area contributed by atoms with Gasteiger partial charge in [-0.1, -0.05) is 26.0 Å². The first-order valence-electron chi connectivity index (χ1n) is 8.79. The zero-order valence-corrected chi connectivity index (χ0v) is 15.1. The van der Waals surface area contributed by atoms with Crippen LogP contribution in [0.4, 0.5) is 17.3 Å². The first kappa shape index (κ1) is 16.6. The van der Waals surface area contributed by atoms with E-state index in [-0.39, 0.29) is 0 Å². The van der Waals surface area contributed by atoms with Gasteiger partial charge in [-0.05, 0) is 40.7 Å². The molecule has 2 aromatic heterocycles. The summed E-state index contributed by atoms with van der Waals surface area (Å²) in [6, 6.07) is 7.71. The predicted molar refractivity (Wildman–Crippen MR) is 98.8 cm³/mol. The Labute approximate surface area is 151 Å². The number of anilines is 3. The number of hydrogen-bond acceptors (Lipinski definition) is 8. The SMILES string of the molecule is COc1ccccc1Nc1nc2nonc2nc1N1C[C@H](C)C[C@H](C)C1. The van der Waals surface area contributed by atoms with E-state index in [1.54, 1.807) is 7.11 Å². The molecule has 1 aliphatic heterocycles. The molecule has 0 aliphatic carbocycles. The summed E-state index contributed by atoms with van der Waals surface area (Å²) < 4.78 is 10.2. The average Bonchev–Trinajstić information content (AvgIpc) is 3.08. The predicted octanol–water partition coefficient (Wildman–Crippen LogP) is 3.25. The van der Waals surface area contributed by atoms with Crippen LogP contribution in [0.25, 0.3) is 11.3 Å². The third-order valence-electron chi connectivity index (χ3n) is 4.62. The summed E-state index contributed by atoms with van der Waals surface area (Å²) in [5.41, 5.74) is 1.61. The van der Waals surface area contributed by atoms with E-state index in [9.17, 15) is 0 Å². The van der Waals surface area contributed by atoms with E-state index in [2.05, 4.69) is 44.3 Å². The molecule has 1 aliphatic rings. The highest BCUT2D eigenvalue weighted by Crippen LogP contribution is 2.34. The Bertz CT molecular complexity index is 902. The van der Waals surface area contributed by atoms with E-state index in [4.69, 9.17) is 9.37 Å². The summed E-state index contributed by atoms with van der Waals surface area (Å²) in [5.74, 6) is 3.30. The Morgan fingerprint density at radius 3 is 2.50 bits per heavy atom. The molecule has 0 bridgehead atoms. The Hall–Kier alpha value is -2.90. The minimum Gasteiger partial charge on any atom is -0.495 e. The quantitative estimate of drug-likeness (QED) is 0.764. The molecular formula is C18H22N6O2. The molecule has 0 radical (unpaired) electrons. The maximum absolute atomic E-state index is 5.44. The maximum Gasteiger partial charge on any atom is 0.245 e. The normalized spacial score (nSPS) is 20.3. The molecule has 8 heteroatoms. The molecule has 1 aromatic carbocycles. The summed E-state index contributed by atoms with van der Waals surface area (Å²) in [5, 5.41) is 11.0. The molecule has 4 rings (SSSR count). The fourth-order valence-electron chi connectivity index (χ4n) is 3.65. The highest BCUT2D eigenvalue weighted by molar-refractivity contribution is 5.78. The van der Waals surface area contributed by atoms with Crippen molar-refractivity contribution in [1.82, 2.24) is 20.3 Å². The van der Waals surface area contributed by atoms with Crippen LogP contribution >= 0.6 is 0 Å². The number of benzene rings is 1. The fraction of sp³-hybridized carbons (Fsp3) is 0.444. The van der Waals surface area contributed by atoms with E-state index >= 15 is 0 Å². The Balaban J connectivity index is 1.77. The number of para-hydroxylation sites is 2. The molecule has 1 N–H and O–H groups in total. The summed E-state index contributed by atoms with van der Waals surface area (Å²) >= 11 is 0. The van der Waals surface area contributed by atoms with Gasteiger partial charge < -0.3 is 15.0 Å². The van der Waals surface area contributed by atoms with Gasteiger partial charge in [0.25, 0.3) is 0 Å². The summed E-state index contributed by atoms with van der Waals surface area (Å²) in [6.45, 7) is 6.38. The van der Waals surface area contributed by atoms with Crippen LogP contribution in [0.5, 0.6) is 5.75 Å². The molecule has 3 aromatic rings. The second-order valence-corrected chi connectivity index (χ2v) is 6.98. The lowest BCUT2D eigenvalue weighted by molar-refractivity contribution is 0.314. The zero-order valence-electron chi connectivity index (χ0n) is 15.1. The van der Waals surface area contributed by atoms with Crippen molar-refractivity contribution in [2.24, 2.45) is 11.8 Å². The van der Waals surface area contributed by atoms with Crippen LogP contribution in [-0.2, 0) is 0 Å². The average molecular weight is 354 g/mol. The minimum atomic E-state index is 0.379. The fourth-order valence-corrected chi connectivity index (χ4v) is 3.65. The smallest absolute Gasteiger partial charge is 0.245 e. The number of rotatable bonds is 4. The van der Waals surface area contributed by atoms with Gasteiger partial charge in [-0.25, -0.2) is 14.6 Å². The highest BCUT2D eigenvalue weighted by Gasteiger charge is 2.26. The number of ether oxygens (including phenoxy) is 1. The number of nitrogens with one attached hydrogen (secondary N) is 1. The Morgan fingerprint density at radius 2 is 1.77 bits per heavy atom. The molecular weight excluding hydrogens is 332 g/mol. The standard InChI is InChI=1S/C18H22N6O2/c1-11-8-12(2)10-24(9-11)18-17(20-15-16(21-18)23-26-22-15)19-13-6-4-5-7-14(13)25-3/h4-7,11-12H,8-10H2,1-3H3,(H,19,20,22)/t11-,12+. The molecule has 0 unspecified atom stereocenters. The second-order valence-electron chi connectivity index (χ2n) is 6.98. The van der Waals surface area contributed by atoms with Gasteiger partial charge in [0.1, 0.15) is 5.75 Å². The molecule has 8 nitrogen and oxygen atoms in total. The summed E-state index contributed by atoms with van der Waals surface area (Å²) in [6.07, 6.45) is 1.22. The van der Waals surface area contributed by atoms with Gasteiger partial charge >= 0.3 is 0 Å². The van der Waals surface area contributed by atoms with Gasteiger partial charge in [-0.3, -0.25) is 0 Å². The Kier molecular flexibility index (Phi) is 4.32. The zero-order chi connectivity index (χ0) is 18.1. The third kappa shape index (κ3) is 3.14. The van der Waals surface area contributed by atoms with Crippen molar-refractivity contribution >= 4 is 28.6 Å². The Morgan fingerprint density at radius 1 is 1.08 bits per heavy atom. The van der Waals surface area contributed by atoms with E-state index < -0.39 is 0 Å². The molecule has 0 saturated carbocycles. The molecule has 136 valence electrons. The van der Waals surface area contributed by atoms with E-state index in [0.717, 1.165) is 30.3 Å². The minimum absolute atomic E-state index is 0.379. The number of hydrogen-bond donors (Lipinski definition) is 1. The number of aromatic nitrogens is 4. The monoisotopic (exact) mass is 354 g/mol. The van der Waals surface area contributed by atoms with E-state index in [1.807, 2.05) is 24.3 Å². The third-order valence-corrected chi connectivity index (χ3v) is 4.62. The number of nitrogens with zero attached hydrogens (tertiary/aromatic N) is 5. The van der Waals surface area contributed by atoms with Crippen molar-refractivity contribution in [3.63, 3.8) is 0 Å². The lowest BCUT2D eigenvalue weighted by Gasteiger charge is -2.36. The molecule has 1 saturated heterocycles. The highest BCUT2D eigenvalue weighted by atomic mass is 16.6. The van der Waals surface area contributed by atoms with Crippen LogP contribution in [0, 0.1) is 11.8 Å². The lowest BCUT2D eigenvalue weighted by Crippen LogP contribution is -2.39. The first-order valence-corrected chi connectivity index (χ1v) is 8.79. The topological polar surface area (TPSA) is 89.2 Å². The van der Waals surface area contributed by atoms with Crippen LogP contribution in [0.1, 0.15) is 20.3 Å². The van der Waals surface area contributed by atoms with Crippen molar-refractivity contribution < 1.29 is 9.37 Å². The van der Waals surface area contributed by atoms with Crippen molar-refractivity contribution in [2.45, 2.75) is 20.3 Å². The van der Waals surface area contributed by atoms with Gasteiger partial charge in [0, 0.05) is 13.1 Å².